The van der Waals surface area contributed by atoms with Crippen molar-refractivity contribution in [3.05, 3.63) is 77.0 Å². The number of carbonyl (C=O) groups is 2. The van der Waals surface area contributed by atoms with Crippen LogP contribution in [0.4, 0.5) is 14.5 Å². The van der Waals surface area contributed by atoms with Crippen molar-refractivity contribution in [3.63, 3.8) is 0 Å². The van der Waals surface area contributed by atoms with E-state index in [1.807, 2.05) is 6.07 Å². The Morgan fingerprint density at radius 2 is 1.82 bits per heavy atom. The standard InChI is InChI=1S/C20H16F2N2O3S/c1-11-16(18(25)19(26)27-2)17(14-9-8-12(21)10-15(14)22)23-20(28)24(11)13-6-4-3-5-7-13/h3-10,17H,1-2H3,(H,23,28)/t17-/m1/s1. The summed E-state index contributed by atoms with van der Waals surface area (Å²) in [5.74, 6) is -3.65. The zero-order valence-electron chi connectivity index (χ0n) is 15.0. The lowest BCUT2D eigenvalue weighted by Gasteiger charge is -2.37. The van der Waals surface area contributed by atoms with E-state index in [0.717, 1.165) is 13.2 Å². The first kappa shape index (κ1) is 19.6. The molecule has 1 N–H and O–H groups in total. The predicted octanol–water partition coefficient (Wildman–Crippen LogP) is 3.42. The van der Waals surface area contributed by atoms with Crippen molar-refractivity contribution in [1.82, 2.24) is 5.32 Å². The van der Waals surface area contributed by atoms with Gasteiger partial charge in [-0.15, -0.1) is 0 Å². The smallest absolute Gasteiger partial charge is 0.379 e. The minimum absolute atomic E-state index is 0.0111. The van der Waals surface area contributed by atoms with Crippen molar-refractivity contribution in [2.24, 2.45) is 0 Å². The van der Waals surface area contributed by atoms with E-state index in [2.05, 4.69) is 10.1 Å². The van der Waals surface area contributed by atoms with Gasteiger partial charge in [-0.05, 0) is 37.3 Å². The Morgan fingerprint density at radius 3 is 2.43 bits per heavy atom. The van der Waals surface area contributed by atoms with E-state index in [1.54, 1.807) is 36.1 Å². The third-order valence-corrected chi connectivity index (χ3v) is 4.69. The second-order valence-electron chi connectivity index (χ2n) is 6.04. The van der Waals surface area contributed by atoms with Crippen LogP contribution < -0.4 is 10.2 Å². The van der Waals surface area contributed by atoms with Crippen LogP contribution in [-0.2, 0) is 14.3 Å². The van der Waals surface area contributed by atoms with Crippen LogP contribution in [0.25, 0.3) is 0 Å². The third-order valence-electron chi connectivity index (χ3n) is 4.39. The van der Waals surface area contributed by atoms with Crippen molar-refractivity contribution in [2.45, 2.75) is 13.0 Å². The van der Waals surface area contributed by atoms with Gasteiger partial charge in [0, 0.05) is 23.0 Å². The SMILES string of the molecule is COC(=O)C(=O)C1=C(C)N(c2ccccc2)C(=S)N[C@@H]1c1ccc(F)cc1F. The monoisotopic (exact) mass is 402 g/mol. The Bertz CT molecular complexity index is 992. The molecule has 0 aromatic heterocycles. The molecule has 0 spiro atoms. The van der Waals surface area contributed by atoms with E-state index in [-0.39, 0.29) is 16.2 Å². The lowest BCUT2D eigenvalue weighted by molar-refractivity contribution is -0.150. The summed E-state index contributed by atoms with van der Waals surface area (Å²) in [6, 6.07) is 10.9. The highest BCUT2D eigenvalue weighted by Gasteiger charge is 2.38. The number of ketones is 1. The van der Waals surface area contributed by atoms with Gasteiger partial charge < -0.3 is 10.1 Å². The van der Waals surface area contributed by atoms with Gasteiger partial charge in [0.05, 0.1) is 18.7 Å². The molecule has 0 aliphatic carbocycles. The molecular weight excluding hydrogens is 386 g/mol. The van der Waals surface area contributed by atoms with E-state index in [9.17, 15) is 18.4 Å². The Balaban J connectivity index is 2.20. The van der Waals surface area contributed by atoms with Crippen LogP contribution in [0, 0.1) is 11.6 Å². The van der Waals surface area contributed by atoms with Crippen LogP contribution in [0.5, 0.6) is 0 Å². The summed E-state index contributed by atoms with van der Waals surface area (Å²) in [5.41, 5.74) is 0.961. The van der Waals surface area contributed by atoms with Crippen LogP contribution >= 0.6 is 12.2 Å². The van der Waals surface area contributed by atoms with Gasteiger partial charge in [0.15, 0.2) is 5.11 Å². The number of para-hydroxylation sites is 1. The average molecular weight is 402 g/mol. The maximum absolute atomic E-state index is 14.4. The van der Waals surface area contributed by atoms with Gasteiger partial charge in [-0.1, -0.05) is 24.3 Å². The highest BCUT2D eigenvalue weighted by atomic mass is 32.1. The highest BCUT2D eigenvalue weighted by Crippen LogP contribution is 2.35. The minimum Gasteiger partial charge on any atom is -0.463 e. The molecule has 0 amide bonds. The van der Waals surface area contributed by atoms with Gasteiger partial charge in [-0.25, -0.2) is 13.6 Å². The Kier molecular flexibility index (Phi) is 5.51. The van der Waals surface area contributed by atoms with Crippen LogP contribution in [0.15, 0.2) is 59.8 Å². The molecule has 1 heterocycles. The molecule has 28 heavy (non-hydrogen) atoms. The van der Waals surface area contributed by atoms with Crippen molar-refractivity contribution >= 4 is 34.8 Å². The van der Waals surface area contributed by atoms with Gasteiger partial charge in [0.2, 0.25) is 0 Å². The number of esters is 1. The first-order valence-electron chi connectivity index (χ1n) is 8.29. The lowest BCUT2D eigenvalue weighted by Crippen LogP contribution is -2.48. The normalized spacial score (nSPS) is 16.6. The van der Waals surface area contributed by atoms with Gasteiger partial charge in [-0.3, -0.25) is 9.69 Å². The molecule has 1 aliphatic rings. The number of hydrogen-bond acceptors (Lipinski definition) is 4. The largest absolute Gasteiger partial charge is 0.463 e. The fraction of sp³-hybridized carbons (Fsp3) is 0.150. The molecule has 1 aliphatic heterocycles. The topological polar surface area (TPSA) is 58.6 Å². The van der Waals surface area contributed by atoms with Crippen LogP contribution in [-0.4, -0.2) is 24.0 Å². The Hall–Kier alpha value is -3.13. The number of benzene rings is 2. The summed E-state index contributed by atoms with van der Waals surface area (Å²) in [5, 5.41) is 3.10. The zero-order chi connectivity index (χ0) is 20.4. The maximum Gasteiger partial charge on any atom is 0.379 e. The second kappa shape index (κ2) is 7.85. The minimum atomic E-state index is -1.09. The first-order chi connectivity index (χ1) is 13.3. The number of carbonyl (C=O) groups excluding carboxylic acids is 2. The van der Waals surface area contributed by atoms with Gasteiger partial charge >= 0.3 is 5.97 Å². The fourth-order valence-corrected chi connectivity index (χ4v) is 3.46. The average Bonchev–Trinajstić information content (AvgIpc) is 2.67. The summed E-state index contributed by atoms with van der Waals surface area (Å²) in [7, 11) is 1.08. The number of rotatable bonds is 4. The second-order valence-corrected chi connectivity index (χ2v) is 6.43. The first-order valence-corrected chi connectivity index (χ1v) is 8.70. The van der Waals surface area contributed by atoms with Gasteiger partial charge in [0.1, 0.15) is 11.6 Å². The van der Waals surface area contributed by atoms with E-state index < -0.39 is 29.4 Å². The molecule has 3 rings (SSSR count). The zero-order valence-corrected chi connectivity index (χ0v) is 15.8. The Labute approximate surface area is 165 Å². The lowest BCUT2D eigenvalue weighted by atomic mass is 9.91. The van der Waals surface area contributed by atoms with Crippen molar-refractivity contribution in [3.8, 4) is 0 Å². The summed E-state index contributed by atoms with van der Waals surface area (Å²) in [4.78, 5) is 26.3. The quantitative estimate of drug-likeness (QED) is 0.481. The molecule has 0 radical (unpaired) electrons. The predicted molar refractivity (Wildman–Crippen MR) is 103 cm³/mol. The number of ether oxygens (including phenoxy) is 1. The van der Waals surface area contributed by atoms with E-state index >= 15 is 0 Å². The van der Waals surface area contributed by atoms with Crippen LogP contribution in [0.3, 0.4) is 0 Å². The van der Waals surface area contributed by atoms with E-state index in [0.29, 0.717) is 17.5 Å². The summed E-state index contributed by atoms with van der Waals surface area (Å²) in [6.07, 6.45) is 0. The van der Waals surface area contributed by atoms with Gasteiger partial charge in [0.25, 0.3) is 5.78 Å². The molecule has 2 aromatic rings. The summed E-state index contributed by atoms with van der Waals surface area (Å²) < 4.78 is 32.3. The number of nitrogens with one attached hydrogen (secondary N) is 1. The van der Waals surface area contributed by atoms with Gasteiger partial charge in [-0.2, -0.15) is 0 Å². The number of halogens is 2. The third kappa shape index (κ3) is 3.50. The van der Waals surface area contributed by atoms with Crippen LogP contribution in [0.1, 0.15) is 18.5 Å². The molecule has 0 saturated carbocycles. The van der Waals surface area contributed by atoms with Crippen molar-refractivity contribution in [2.75, 3.05) is 12.0 Å². The van der Waals surface area contributed by atoms with Crippen LogP contribution in [0.2, 0.25) is 0 Å². The molecule has 0 saturated heterocycles. The summed E-state index contributed by atoms with van der Waals surface area (Å²) >= 11 is 5.42. The number of nitrogens with zero attached hydrogens (tertiary/aromatic N) is 1. The highest BCUT2D eigenvalue weighted by molar-refractivity contribution is 7.80. The molecule has 5 nitrogen and oxygen atoms in total. The van der Waals surface area contributed by atoms with E-state index in [1.165, 1.54) is 6.07 Å². The number of allylic oxidation sites excluding steroid dienone is 1. The molecule has 0 bridgehead atoms. The number of methoxy groups -OCH3 is 1. The molecule has 0 fully saturated rings. The number of thiocarbonyl (C=S) groups is 1. The number of anilines is 1. The molecule has 0 unspecified atom stereocenters. The summed E-state index contributed by atoms with van der Waals surface area (Å²) in [6.45, 7) is 1.60. The molecule has 144 valence electrons. The molecule has 1 atom stereocenters. The molecule has 2 aromatic carbocycles. The number of Topliss-reactive ketones (excluding diaryl/α,β-unsaturated/α-hetero) is 1. The molecule has 8 heteroatoms. The van der Waals surface area contributed by atoms with E-state index in [4.69, 9.17) is 12.2 Å². The Morgan fingerprint density at radius 1 is 1.14 bits per heavy atom. The molecular formula is C20H16F2N2O3S. The fourth-order valence-electron chi connectivity index (χ4n) is 3.10. The number of hydrogen-bond donors (Lipinski definition) is 1. The maximum atomic E-state index is 14.4. The van der Waals surface area contributed by atoms with Crippen molar-refractivity contribution in [1.29, 1.82) is 0 Å². The van der Waals surface area contributed by atoms with Crippen molar-refractivity contribution < 1.29 is 23.1 Å².